The summed E-state index contributed by atoms with van der Waals surface area (Å²) in [6, 6.07) is 103. The van der Waals surface area contributed by atoms with Crippen LogP contribution >= 0.6 is 0 Å². The Morgan fingerprint density at radius 3 is 0.702 bits per heavy atom. The monoisotopic (exact) mass is 1370 g/mol. The van der Waals surface area contributed by atoms with Gasteiger partial charge in [0.2, 0.25) is 0 Å². The zero-order valence-electron chi connectivity index (χ0n) is 56.9. The Bertz CT molecular complexity index is 4900. The lowest BCUT2D eigenvalue weighted by molar-refractivity contribution is 0.0600. The maximum atomic E-state index is 12.5. The number of phenolic OH excluding ortho intramolecular Hbond substituents is 4. The van der Waals surface area contributed by atoms with Gasteiger partial charge in [-0.15, -0.1) is 0 Å². The number of methoxy groups -OCH3 is 1. The average molecular weight is 1370 g/mol. The number of benzene rings is 14. The van der Waals surface area contributed by atoms with Crippen molar-refractivity contribution < 1.29 is 58.4 Å². The number of carbonyl (C=O) groups excluding carboxylic acids is 1. The molecule has 0 fully saturated rings. The highest BCUT2D eigenvalue weighted by Gasteiger charge is 2.16. The van der Waals surface area contributed by atoms with E-state index in [0.29, 0.717) is 66.5 Å². The van der Waals surface area contributed by atoms with E-state index in [-0.39, 0.29) is 36.2 Å². The van der Waals surface area contributed by atoms with Crippen LogP contribution in [0.4, 0.5) is 0 Å². The second kappa shape index (κ2) is 31.8. The van der Waals surface area contributed by atoms with E-state index in [4.69, 9.17) is 33.2 Å². The Morgan fingerprint density at radius 2 is 0.433 bits per heavy atom. The lowest BCUT2D eigenvalue weighted by Crippen LogP contribution is -2.01. The molecule has 0 amide bonds. The van der Waals surface area contributed by atoms with Gasteiger partial charge in [-0.1, -0.05) is 218 Å². The van der Waals surface area contributed by atoms with E-state index in [1.54, 1.807) is 60.7 Å². The second-order valence-corrected chi connectivity index (χ2v) is 25.2. The third-order valence-electron chi connectivity index (χ3n) is 18.0. The molecule has 0 aromatic heterocycles. The molecule has 0 saturated heterocycles. The van der Waals surface area contributed by atoms with Crippen molar-refractivity contribution in [3.8, 4) is 135 Å². The number of hydrogen-bond acceptors (Lipinski definition) is 12. The van der Waals surface area contributed by atoms with E-state index in [9.17, 15) is 25.2 Å². The van der Waals surface area contributed by atoms with Crippen LogP contribution in [0.2, 0.25) is 0 Å². The number of rotatable bonds is 26. The minimum absolute atomic E-state index is 0.220. The highest BCUT2D eigenvalue weighted by atomic mass is 16.5. The van der Waals surface area contributed by atoms with Crippen molar-refractivity contribution >= 4 is 5.97 Å². The van der Waals surface area contributed by atoms with E-state index in [2.05, 4.69) is 24.3 Å². The molecule has 0 saturated carbocycles. The molecule has 12 heteroatoms. The van der Waals surface area contributed by atoms with Gasteiger partial charge in [-0.05, 0) is 208 Å². The number of carbonyl (C=O) groups is 1. The van der Waals surface area contributed by atoms with E-state index in [1.807, 2.05) is 237 Å². The summed E-state index contributed by atoms with van der Waals surface area (Å²) < 4.78 is 44.3. The molecule has 12 nitrogen and oxygen atoms in total. The molecular formula is C92H72O12. The molecule has 0 bridgehead atoms. The zero-order chi connectivity index (χ0) is 71.1. The van der Waals surface area contributed by atoms with Crippen LogP contribution in [0.1, 0.15) is 43.7 Å². The summed E-state index contributed by atoms with van der Waals surface area (Å²) in [6.45, 7) is 1.75. The molecule has 0 aliphatic heterocycles. The van der Waals surface area contributed by atoms with Gasteiger partial charge in [0.15, 0.2) is 23.0 Å². The number of aromatic hydroxyl groups is 4. The van der Waals surface area contributed by atoms with Gasteiger partial charge < -0.3 is 53.6 Å². The summed E-state index contributed by atoms with van der Waals surface area (Å²) in [6.07, 6.45) is 0. The van der Waals surface area contributed by atoms with E-state index in [1.165, 1.54) is 7.11 Å². The van der Waals surface area contributed by atoms with Crippen LogP contribution in [0, 0.1) is 0 Å². The van der Waals surface area contributed by atoms with Gasteiger partial charge in [-0.3, -0.25) is 0 Å². The van der Waals surface area contributed by atoms with Gasteiger partial charge in [0.25, 0.3) is 0 Å². The van der Waals surface area contributed by atoms with Crippen LogP contribution in [0.15, 0.2) is 322 Å². The molecular weight excluding hydrogens is 1300 g/mol. The third kappa shape index (κ3) is 17.2. The zero-order valence-corrected chi connectivity index (χ0v) is 56.9. The van der Waals surface area contributed by atoms with Crippen molar-refractivity contribution in [3.05, 3.63) is 360 Å². The number of ether oxygens (including phenoxy) is 7. The Labute approximate surface area is 603 Å². The molecule has 0 unspecified atom stereocenters. The Hall–Kier alpha value is -13.5. The van der Waals surface area contributed by atoms with E-state index >= 15 is 0 Å². The molecule has 0 aliphatic carbocycles. The SMILES string of the molecule is COC(=O)c1ccc(-c2cc(OCc3ccc(-c4ccc(OCc5ccc(-c6ccc(O)cc6)cc5)c(OCc5ccc(-c6ccc(O)cc6)cc5)c4)cc3)cc(OCc3ccc(-c4ccc(OCc5ccc(-c6ccc(O)cc6)cc5)c(OCc5ccc(-c6ccc(O)cc6)cc5)c4)cc3)c2)cc1. The predicted molar refractivity (Wildman–Crippen MR) is 407 cm³/mol. The van der Waals surface area contributed by atoms with E-state index < -0.39 is 5.97 Å². The largest absolute Gasteiger partial charge is 0.508 e. The normalized spacial score (nSPS) is 11.0. The first kappa shape index (κ1) is 67.7. The molecule has 104 heavy (non-hydrogen) atoms. The lowest BCUT2D eigenvalue weighted by Gasteiger charge is -2.16. The fraction of sp³-hybridized carbons (Fsp3) is 0.0761. The van der Waals surface area contributed by atoms with E-state index in [0.717, 1.165) is 111 Å². The molecule has 0 radical (unpaired) electrons. The molecule has 0 aliphatic rings. The third-order valence-corrected chi connectivity index (χ3v) is 18.0. The summed E-state index contributed by atoms with van der Waals surface area (Å²) in [4.78, 5) is 12.5. The fourth-order valence-electron chi connectivity index (χ4n) is 12.0. The Morgan fingerprint density at radius 1 is 0.221 bits per heavy atom. The minimum Gasteiger partial charge on any atom is -0.508 e. The summed E-state index contributed by atoms with van der Waals surface area (Å²) in [5.74, 6) is 4.03. The summed E-state index contributed by atoms with van der Waals surface area (Å²) in [7, 11) is 1.36. The minimum atomic E-state index is -0.422. The molecule has 0 spiro atoms. The molecule has 14 rings (SSSR count). The van der Waals surface area contributed by atoms with Gasteiger partial charge in [0, 0.05) is 6.07 Å². The maximum Gasteiger partial charge on any atom is 0.337 e. The predicted octanol–water partition coefficient (Wildman–Crippen LogP) is 21.4. The molecule has 14 aromatic carbocycles. The summed E-state index contributed by atoms with van der Waals surface area (Å²) in [5.41, 5.74) is 19.9. The first-order valence-corrected chi connectivity index (χ1v) is 34.0. The van der Waals surface area contributed by atoms with Crippen LogP contribution in [0.5, 0.6) is 57.5 Å². The Balaban J connectivity index is 0.662. The summed E-state index contributed by atoms with van der Waals surface area (Å²) in [5, 5.41) is 39.3. The molecule has 512 valence electrons. The Kier molecular flexibility index (Phi) is 20.7. The smallest absolute Gasteiger partial charge is 0.337 e. The number of hydrogen-bond donors (Lipinski definition) is 4. The van der Waals surface area contributed by atoms with Crippen molar-refractivity contribution in [2.45, 2.75) is 39.6 Å². The van der Waals surface area contributed by atoms with Crippen molar-refractivity contribution in [3.63, 3.8) is 0 Å². The van der Waals surface area contributed by atoms with Gasteiger partial charge in [-0.25, -0.2) is 4.79 Å². The standard InChI is InChI=1S/C92H72O12/c1-98-92(97)78-28-26-77(27-29-78)81-50-86(99-55-61-10-22-75(23-11-61)79-38-48-88(101-57-63-2-14-67(15-3-63)71-30-40-82(93)41-31-71)90(52-79)103-59-65-6-18-69(19-7-65)73-34-44-84(95)45-35-73)54-87(51-81)100-56-62-12-24-76(25-13-62)80-39-49-89(102-58-64-4-16-68(17-5-64)72-32-42-83(94)43-33-72)91(53-80)104-60-66-8-20-70(21-9-66)74-36-46-85(96)47-37-74/h2-54,93-96H,55-60H2,1H3. The molecule has 14 aromatic rings. The molecule has 0 heterocycles. The summed E-state index contributed by atoms with van der Waals surface area (Å²) >= 11 is 0. The van der Waals surface area contributed by atoms with Crippen molar-refractivity contribution in [1.29, 1.82) is 0 Å². The highest BCUT2D eigenvalue weighted by molar-refractivity contribution is 5.90. The van der Waals surface area contributed by atoms with Gasteiger partial charge >= 0.3 is 5.97 Å². The van der Waals surface area contributed by atoms with Gasteiger partial charge in [-0.2, -0.15) is 0 Å². The van der Waals surface area contributed by atoms with Crippen molar-refractivity contribution in [1.82, 2.24) is 0 Å². The highest BCUT2D eigenvalue weighted by Crippen LogP contribution is 2.39. The number of esters is 1. The molecule has 4 N–H and O–H groups in total. The second-order valence-electron chi connectivity index (χ2n) is 25.2. The molecule has 0 atom stereocenters. The topological polar surface area (TPSA) is 163 Å². The quantitative estimate of drug-likeness (QED) is 0.0380. The lowest BCUT2D eigenvalue weighted by atomic mass is 10.0. The van der Waals surface area contributed by atoms with Gasteiger partial charge in [0.05, 0.1) is 12.7 Å². The fourth-order valence-corrected chi connectivity index (χ4v) is 12.0. The van der Waals surface area contributed by atoms with Crippen LogP contribution in [0.25, 0.3) is 77.9 Å². The van der Waals surface area contributed by atoms with Crippen molar-refractivity contribution in [2.24, 2.45) is 0 Å². The average Bonchev–Trinajstić information content (AvgIpc) is 0.822. The van der Waals surface area contributed by atoms with Crippen molar-refractivity contribution in [2.75, 3.05) is 7.11 Å². The van der Waals surface area contributed by atoms with Crippen LogP contribution in [-0.4, -0.2) is 33.5 Å². The maximum absolute atomic E-state index is 12.5. The first-order valence-electron chi connectivity index (χ1n) is 34.0. The van der Waals surface area contributed by atoms with Gasteiger partial charge in [0.1, 0.15) is 74.1 Å². The van der Waals surface area contributed by atoms with Crippen LogP contribution < -0.4 is 28.4 Å². The van der Waals surface area contributed by atoms with Crippen LogP contribution in [0.3, 0.4) is 0 Å². The first-order chi connectivity index (χ1) is 50.9. The van der Waals surface area contributed by atoms with Crippen LogP contribution in [-0.2, 0) is 44.4 Å². The number of phenols is 4.